The number of guanidine groups is 1. The molecule has 0 radical (unpaired) electrons. The van der Waals surface area contributed by atoms with Crippen molar-refractivity contribution >= 4 is 17.3 Å². The maximum absolute atomic E-state index is 5.67. The van der Waals surface area contributed by atoms with Gasteiger partial charge in [-0.2, -0.15) is 0 Å². The second-order valence-electron chi connectivity index (χ2n) is 5.06. The zero-order valence-electron chi connectivity index (χ0n) is 14.2. The van der Waals surface area contributed by atoms with E-state index in [-0.39, 0.29) is 0 Å². The molecule has 0 aliphatic carbocycles. The van der Waals surface area contributed by atoms with Crippen LogP contribution < -0.4 is 15.4 Å². The fourth-order valence-corrected chi connectivity index (χ4v) is 2.89. The normalized spacial score (nSPS) is 11.2. The number of hydrogen-bond donors (Lipinski definition) is 2. The number of benzene rings is 1. The Hall–Kier alpha value is -2.34. The van der Waals surface area contributed by atoms with Crippen LogP contribution in [-0.2, 0) is 19.5 Å². The summed E-state index contributed by atoms with van der Waals surface area (Å²) in [5.41, 5.74) is 1.07. The van der Waals surface area contributed by atoms with Crippen LogP contribution in [0, 0.1) is 0 Å². The third-order valence-corrected chi connectivity index (χ3v) is 4.50. The van der Waals surface area contributed by atoms with E-state index in [1.807, 2.05) is 30.5 Å². The Labute approximate surface area is 147 Å². The first-order chi connectivity index (χ1) is 11.8. The minimum absolute atomic E-state index is 0.494. The molecule has 0 fully saturated rings. The molecule has 0 spiro atoms. The number of aryl methyl sites for hydroxylation is 1. The molecule has 24 heavy (non-hydrogen) atoms. The van der Waals surface area contributed by atoms with E-state index in [1.165, 1.54) is 4.88 Å². The van der Waals surface area contributed by atoms with Crippen molar-refractivity contribution in [3.8, 4) is 5.75 Å². The summed E-state index contributed by atoms with van der Waals surface area (Å²) in [6.45, 7) is 7.60. The molecule has 6 heteroatoms. The molecule has 0 aliphatic heterocycles. The lowest BCUT2D eigenvalue weighted by molar-refractivity contribution is 0.358. The molecule has 1 aromatic carbocycles. The van der Waals surface area contributed by atoms with Gasteiger partial charge in [-0.3, -0.25) is 4.99 Å². The van der Waals surface area contributed by atoms with Crippen LogP contribution in [0.3, 0.4) is 0 Å². The second kappa shape index (κ2) is 9.72. The number of para-hydroxylation sites is 1. The van der Waals surface area contributed by atoms with E-state index in [0.29, 0.717) is 19.7 Å². The highest BCUT2D eigenvalue weighted by Gasteiger charge is 2.05. The van der Waals surface area contributed by atoms with Crippen molar-refractivity contribution in [2.45, 2.75) is 26.4 Å². The van der Waals surface area contributed by atoms with E-state index < -0.39 is 0 Å². The molecule has 0 saturated heterocycles. The van der Waals surface area contributed by atoms with Crippen molar-refractivity contribution in [1.82, 2.24) is 15.6 Å². The Morgan fingerprint density at radius 3 is 2.83 bits per heavy atom. The number of nitrogens with one attached hydrogen (secondary N) is 2. The quantitative estimate of drug-likeness (QED) is 0.439. The molecule has 5 nitrogen and oxygen atoms in total. The minimum Gasteiger partial charge on any atom is -0.489 e. The van der Waals surface area contributed by atoms with Crippen molar-refractivity contribution < 1.29 is 4.74 Å². The predicted octanol–water partition coefficient (Wildman–Crippen LogP) is 3.14. The molecule has 2 N–H and O–H groups in total. The van der Waals surface area contributed by atoms with E-state index in [4.69, 9.17) is 4.74 Å². The van der Waals surface area contributed by atoms with Crippen LogP contribution in [0.25, 0.3) is 0 Å². The van der Waals surface area contributed by atoms with Crippen LogP contribution in [-0.4, -0.2) is 24.6 Å². The van der Waals surface area contributed by atoms with Crippen LogP contribution >= 0.6 is 11.3 Å². The molecule has 1 aromatic heterocycles. The summed E-state index contributed by atoms with van der Waals surface area (Å²) in [6.07, 6.45) is 4.69. The Kier molecular flexibility index (Phi) is 7.29. The number of aromatic nitrogens is 1. The first-order valence-corrected chi connectivity index (χ1v) is 8.78. The summed E-state index contributed by atoms with van der Waals surface area (Å²) < 4.78 is 5.67. The maximum atomic E-state index is 5.67. The number of thiazole rings is 1. The lowest BCUT2D eigenvalue weighted by Gasteiger charge is -2.13. The average Bonchev–Trinajstić information content (AvgIpc) is 3.09. The third-order valence-electron chi connectivity index (χ3n) is 3.36. The Morgan fingerprint density at radius 2 is 2.12 bits per heavy atom. The van der Waals surface area contributed by atoms with Gasteiger partial charge in [0, 0.05) is 30.2 Å². The highest BCUT2D eigenvalue weighted by Crippen LogP contribution is 2.17. The van der Waals surface area contributed by atoms with E-state index in [9.17, 15) is 0 Å². The van der Waals surface area contributed by atoms with E-state index in [1.54, 1.807) is 24.5 Å². The van der Waals surface area contributed by atoms with Crippen LogP contribution in [0.2, 0.25) is 0 Å². The van der Waals surface area contributed by atoms with Crippen LogP contribution in [0.15, 0.2) is 48.1 Å². The van der Waals surface area contributed by atoms with Crippen LogP contribution in [0.5, 0.6) is 5.75 Å². The van der Waals surface area contributed by atoms with Crippen molar-refractivity contribution in [2.75, 3.05) is 13.7 Å². The molecule has 1 heterocycles. The molecule has 0 aliphatic rings. The van der Waals surface area contributed by atoms with Gasteiger partial charge in [-0.15, -0.1) is 11.3 Å². The SMILES string of the molecule is C=CCOc1ccccc1CNC(=NC)NCc1ncc(CC)s1. The van der Waals surface area contributed by atoms with Crippen LogP contribution in [0.4, 0.5) is 0 Å². The van der Waals surface area contributed by atoms with Gasteiger partial charge < -0.3 is 15.4 Å². The first kappa shape index (κ1) is 18.0. The number of aliphatic imine (C=N–C) groups is 1. The lowest BCUT2D eigenvalue weighted by atomic mass is 10.2. The Bertz CT molecular complexity index is 681. The number of ether oxygens (including phenoxy) is 1. The third kappa shape index (κ3) is 5.38. The van der Waals surface area contributed by atoms with Gasteiger partial charge in [0.2, 0.25) is 0 Å². The van der Waals surface area contributed by atoms with Crippen molar-refractivity contribution in [2.24, 2.45) is 4.99 Å². The fourth-order valence-electron chi connectivity index (χ4n) is 2.09. The summed E-state index contributed by atoms with van der Waals surface area (Å²) in [4.78, 5) is 9.95. The fraction of sp³-hybridized carbons (Fsp3) is 0.333. The average molecular weight is 344 g/mol. The molecule has 2 aromatic rings. The molecule has 0 saturated carbocycles. The molecule has 0 unspecified atom stereocenters. The van der Waals surface area contributed by atoms with Crippen molar-refractivity contribution in [1.29, 1.82) is 0 Å². The molecule has 0 atom stereocenters. The molecular formula is C18H24N4OS. The minimum atomic E-state index is 0.494. The zero-order chi connectivity index (χ0) is 17.2. The predicted molar refractivity (Wildman–Crippen MR) is 101 cm³/mol. The van der Waals surface area contributed by atoms with Gasteiger partial charge in [0.05, 0.1) is 6.54 Å². The second-order valence-corrected chi connectivity index (χ2v) is 6.26. The van der Waals surface area contributed by atoms with Crippen molar-refractivity contribution in [3.05, 3.63) is 58.6 Å². The molecule has 0 amide bonds. The zero-order valence-corrected chi connectivity index (χ0v) is 15.0. The van der Waals surface area contributed by atoms with Crippen LogP contribution in [0.1, 0.15) is 22.4 Å². The first-order valence-electron chi connectivity index (χ1n) is 7.96. The van der Waals surface area contributed by atoms with Gasteiger partial charge in [-0.1, -0.05) is 37.8 Å². The van der Waals surface area contributed by atoms with Gasteiger partial charge in [0.1, 0.15) is 17.4 Å². The largest absolute Gasteiger partial charge is 0.489 e. The van der Waals surface area contributed by atoms with Gasteiger partial charge >= 0.3 is 0 Å². The topological polar surface area (TPSA) is 58.5 Å². The molecular weight excluding hydrogens is 320 g/mol. The monoisotopic (exact) mass is 344 g/mol. The highest BCUT2D eigenvalue weighted by molar-refractivity contribution is 7.11. The smallest absolute Gasteiger partial charge is 0.191 e. The summed E-state index contributed by atoms with van der Waals surface area (Å²) in [6, 6.07) is 7.95. The van der Waals surface area contributed by atoms with Gasteiger partial charge in [0.15, 0.2) is 5.96 Å². The van der Waals surface area contributed by atoms with Gasteiger partial charge in [0.25, 0.3) is 0 Å². The van der Waals surface area contributed by atoms with Gasteiger partial charge in [-0.25, -0.2) is 4.98 Å². The standard InChI is InChI=1S/C18H24N4OS/c1-4-10-23-16-9-7-6-8-14(16)11-21-18(19-3)22-13-17-20-12-15(5-2)24-17/h4,6-9,12H,1,5,10-11,13H2,2-3H3,(H2,19,21,22). The highest BCUT2D eigenvalue weighted by atomic mass is 32.1. The maximum Gasteiger partial charge on any atom is 0.191 e. The summed E-state index contributed by atoms with van der Waals surface area (Å²) in [7, 11) is 1.76. The Balaban J connectivity index is 1.88. The Morgan fingerprint density at radius 1 is 1.33 bits per heavy atom. The van der Waals surface area contributed by atoms with E-state index >= 15 is 0 Å². The summed E-state index contributed by atoms with van der Waals surface area (Å²) in [5.74, 6) is 1.59. The number of rotatable bonds is 8. The summed E-state index contributed by atoms with van der Waals surface area (Å²) in [5, 5.41) is 7.65. The number of nitrogens with zero attached hydrogens (tertiary/aromatic N) is 2. The molecule has 2 rings (SSSR count). The lowest BCUT2D eigenvalue weighted by Crippen LogP contribution is -2.36. The van der Waals surface area contributed by atoms with Crippen molar-refractivity contribution in [3.63, 3.8) is 0 Å². The molecule has 0 bridgehead atoms. The van der Waals surface area contributed by atoms with Gasteiger partial charge in [-0.05, 0) is 12.5 Å². The van der Waals surface area contributed by atoms with E-state index in [2.05, 4.69) is 34.1 Å². The number of hydrogen-bond acceptors (Lipinski definition) is 4. The summed E-state index contributed by atoms with van der Waals surface area (Å²) >= 11 is 1.73. The molecule has 128 valence electrons. The van der Waals surface area contributed by atoms with E-state index in [0.717, 1.165) is 28.7 Å².